The molecule has 0 saturated heterocycles. The van der Waals surface area contributed by atoms with Crippen LogP contribution in [0.1, 0.15) is 32.1 Å². The number of carboxylic acids is 2. The number of urea groups is 1. The predicted molar refractivity (Wildman–Crippen MR) is 72.7 cm³/mol. The van der Waals surface area contributed by atoms with E-state index >= 15 is 0 Å². The van der Waals surface area contributed by atoms with Crippen LogP contribution in [0.4, 0.5) is 4.79 Å². The van der Waals surface area contributed by atoms with Gasteiger partial charge in [-0.2, -0.15) is 9.59 Å². The first-order chi connectivity index (χ1) is 10.4. The first kappa shape index (κ1) is 21.8. The van der Waals surface area contributed by atoms with Crippen LogP contribution in [0.15, 0.2) is 0 Å². The fourth-order valence-corrected chi connectivity index (χ4v) is 1.40. The summed E-state index contributed by atoms with van der Waals surface area (Å²) in [5.41, 5.74) is 5.30. The summed E-state index contributed by atoms with van der Waals surface area (Å²) in [5, 5.41) is 22.1. The van der Waals surface area contributed by atoms with Crippen molar-refractivity contribution in [1.82, 2.24) is 10.6 Å². The number of aliphatic carboxylic acids is 2. The molecule has 6 N–H and O–H groups in total. The first-order valence-electron chi connectivity index (χ1n) is 6.57. The number of carbonyl (C=O) groups excluding carboxylic acids is 3. The van der Waals surface area contributed by atoms with Crippen LogP contribution in [-0.4, -0.2) is 53.5 Å². The molecule has 0 heterocycles. The third-order valence-corrected chi connectivity index (χ3v) is 2.40. The molecule has 0 radical (unpaired) electrons. The maximum Gasteiger partial charge on any atom is 0.373 e. The number of carboxylic acid groups (broad SMARTS) is 2. The Kier molecular flexibility index (Phi) is 14.8. The number of unbranched alkanes of at least 4 members (excludes halogenated alkanes) is 1. The Labute approximate surface area is 127 Å². The van der Waals surface area contributed by atoms with Crippen LogP contribution in [0.25, 0.3) is 0 Å². The van der Waals surface area contributed by atoms with Crippen LogP contribution in [0.5, 0.6) is 0 Å². The zero-order valence-corrected chi connectivity index (χ0v) is 12.0. The van der Waals surface area contributed by atoms with Gasteiger partial charge in [0, 0.05) is 13.0 Å². The number of nitrogens with two attached hydrogens (primary N) is 1. The maximum atomic E-state index is 11.4. The van der Waals surface area contributed by atoms with Crippen LogP contribution < -0.4 is 16.4 Å². The molecule has 0 spiro atoms. The SMILES string of the molecule is NCCCC[C@H](NC(=O)NCCCC(=O)O)C(=O)O.O=C=O. The van der Waals surface area contributed by atoms with E-state index < -0.39 is 24.0 Å². The van der Waals surface area contributed by atoms with E-state index in [2.05, 4.69) is 10.6 Å². The van der Waals surface area contributed by atoms with Gasteiger partial charge >= 0.3 is 24.1 Å². The maximum absolute atomic E-state index is 11.4. The zero-order valence-electron chi connectivity index (χ0n) is 12.0. The van der Waals surface area contributed by atoms with Crippen LogP contribution in [-0.2, 0) is 19.2 Å². The molecule has 10 nitrogen and oxygen atoms in total. The van der Waals surface area contributed by atoms with E-state index in [0.717, 1.165) is 0 Å². The van der Waals surface area contributed by atoms with Crippen molar-refractivity contribution in [2.75, 3.05) is 13.1 Å². The molecule has 126 valence electrons. The Morgan fingerprint density at radius 3 is 2.14 bits per heavy atom. The summed E-state index contributed by atoms with van der Waals surface area (Å²) in [6, 6.07) is -1.56. The number of hydrogen-bond donors (Lipinski definition) is 5. The second-order valence-electron chi connectivity index (χ2n) is 4.16. The lowest BCUT2D eigenvalue weighted by Crippen LogP contribution is -2.46. The number of rotatable bonds is 10. The summed E-state index contributed by atoms with van der Waals surface area (Å²) in [4.78, 5) is 48.8. The highest BCUT2D eigenvalue weighted by Gasteiger charge is 2.18. The molecular weight excluding hydrogens is 298 g/mol. The molecule has 0 aliphatic rings. The average Bonchev–Trinajstić information content (AvgIpc) is 2.43. The Hall–Kier alpha value is -2.45. The van der Waals surface area contributed by atoms with Crippen molar-refractivity contribution in [2.45, 2.75) is 38.1 Å². The molecule has 0 aliphatic carbocycles. The van der Waals surface area contributed by atoms with Gasteiger partial charge in [0.05, 0.1) is 0 Å². The molecule has 2 amide bonds. The van der Waals surface area contributed by atoms with E-state index in [1.165, 1.54) is 0 Å². The number of amides is 2. The second-order valence-corrected chi connectivity index (χ2v) is 4.16. The van der Waals surface area contributed by atoms with E-state index in [4.69, 9.17) is 25.5 Å². The lowest BCUT2D eigenvalue weighted by molar-refractivity contribution is -0.191. The second kappa shape index (κ2) is 14.9. The standard InChI is InChI=1S/C11H21N3O5.CO2/c12-6-2-1-4-8(10(17)18)14-11(19)13-7-3-5-9(15)16;2-1-3/h8H,1-7,12H2,(H,15,16)(H,17,18)(H2,13,14,19);/t8-;/m0./s1. The van der Waals surface area contributed by atoms with Gasteiger partial charge in [-0.05, 0) is 32.2 Å². The quantitative estimate of drug-likeness (QED) is 0.323. The molecule has 0 unspecified atom stereocenters. The summed E-state index contributed by atoms with van der Waals surface area (Å²) in [6.45, 7) is 0.668. The largest absolute Gasteiger partial charge is 0.481 e. The summed E-state index contributed by atoms with van der Waals surface area (Å²) < 4.78 is 0. The van der Waals surface area contributed by atoms with Crippen LogP contribution in [0.2, 0.25) is 0 Å². The molecule has 0 aromatic heterocycles. The molecule has 0 aromatic rings. The van der Waals surface area contributed by atoms with Crippen molar-refractivity contribution in [3.63, 3.8) is 0 Å². The van der Waals surface area contributed by atoms with E-state index in [-0.39, 0.29) is 19.1 Å². The molecule has 0 fully saturated rings. The zero-order chi connectivity index (χ0) is 17.4. The summed E-state index contributed by atoms with van der Waals surface area (Å²) in [6.07, 6.45) is 2.14. The summed E-state index contributed by atoms with van der Waals surface area (Å²) in [5.74, 6) is -2.04. The highest BCUT2D eigenvalue weighted by molar-refractivity contribution is 5.82. The van der Waals surface area contributed by atoms with Gasteiger partial charge in [-0.3, -0.25) is 4.79 Å². The van der Waals surface area contributed by atoms with Crippen LogP contribution in [0.3, 0.4) is 0 Å². The van der Waals surface area contributed by atoms with E-state index in [1.807, 2.05) is 0 Å². The third kappa shape index (κ3) is 15.6. The molecular formula is C12H21N3O7. The highest BCUT2D eigenvalue weighted by atomic mass is 16.4. The van der Waals surface area contributed by atoms with Gasteiger partial charge in [-0.1, -0.05) is 0 Å². The summed E-state index contributed by atoms with van der Waals surface area (Å²) in [7, 11) is 0. The fraction of sp³-hybridized carbons (Fsp3) is 0.667. The molecule has 0 rings (SSSR count). The lowest BCUT2D eigenvalue weighted by Gasteiger charge is -2.14. The number of nitrogens with one attached hydrogen (secondary N) is 2. The normalized spacial score (nSPS) is 10.4. The molecule has 22 heavy (non-hydrogen) atoms. The Morgan fingerprint density at radius 1 is 1.09 bits per heavy atom. The monoisotopic (exact) mass is 319 g/mol. The van der Waals surface area contributed by atoms with E-state index in [1.54, 1.807) is 0 Å². The van der Waals surface area contributed by atoms with Crippen LogP contribution >= 0.6 is 0 Å². The first-order valence-corrected chi connectivity index (χ1v) is 6.57. The topological polar surface area (TPSA) is 176 Å². The molecule has 0 aromatic carbocycles. The fourth-order valence-electron chi connectivity index (χ4n) is 1.40. The summed E-state index contributed by atoms with van der Waals surface area (Å²) >= 11 is 0. The van der Waals surface area contributed by atoms with Gasteiger partial charge in [-0.15, -0.1) is 0 Å². The van der Waals surface area contributed by atoms with Gasteiger partial charge in [-0.25, -0.2) is 9.59 Å². The lowest BCUT2D eigenvalue weighted by atomic mass is 10.1. The van der Waals surface area contributed by atoms with Crippen molar-refractivity contribution in [3.05, 3.63) is 0 Å². The molecule has 0 bridgehead atoms. The van der Waals surface area contributed by atoms with Crippen molar-refractivity contribution in [2.24, 2.45) is 5.73 Å². The van der Waals surface area contributed by atoms with Gasteiger partial charge in [0.2, 0.25) is 0 Å². The predicted octanol–water partition coefficient (Wildman–Crippen LogP) is -0.851. The molecule has 10 heteroatoms. The third-order valence-electron chi connectivity index (χ3n) is 2.40. The Bertz CT molecular complexity index is 381. The Morgan fingerprint density at radius 2 is 1.68 bits per heavy atom. The molecule has 0 aliphatic heterocycles. The van der Waals surface area contributed by atoms with Crippen molar-refractivity contribution in [3.8, 4) is 0 Å². The minimum atomic E-state index is -1.10. The number of hydrogen-bond acceptors (Lipinski definition) is 6. The number of carbonyl (C=O) groups is 3. The average molecular weight is 319 g/mol. The minimum Gasteiger partial charge on any atom is -0.481 e. The van der Waals surface area contributed by atoms with E-state index in [9.17, 15) is 14.4 Å². The molecule has 1 atom stereocenters. The van der Waals surface area contributed by atoms with Crippen molar-refractivity contribution in [1.29, 1.82) is 0 Å². The van der Waals surface area contributed by atoms with Crippen molar-refractivity contribution >= 4 is 24.1 Å². The van der Waals surface area contributed by atoms with Gasteiger partial charge < -0.3 is 26.6 Å². The van der Waals surface area contributed by atoms with E-state index in [0.29, 0.717) is 32.2 Å². The van der Waals surface area contributed by atoms with Crippen molar-refractivity contribution < 1.29 is 34.2 Å². The Balaban J connectivity index is 0. The van der Waals surface area contributed by atoms with Gasteiger partial charge in [0.15, 0.2) is 0 Å². The molecule has 0 saturated carbocycles. The van der Waals surface area contributed by atoms with Gasteiger partial charge in [0.1, 0.15) is 6.04 Å². The minimum absolute atomic E-state index is 0.0425. The van der Waals surface area contributed by atoms with Gasteiger partial charge in [0.25, 0.3) is 0 Å². The smallest absolute Gasteiger partial charge is 0.373 e. The highest BCUT2D eigenvalue weighted by Crippen LogP contribution is 2.00. The van der Waals surface area contributed by atoms with Crippen LogP contribution in [0, 0.1) is 0 Å².